The monoisotopic (exact) mass is 1650 g/mol. The summed E-state index contributed by atoms with van der Waals surface area (Å²) < 4.78 is 51.8. The third-order valence-electron chi connectivity index (χ3n) is 18.7. The van der Waals surface area contributed by atoms with Crippen LogP contribution < -0.4 is 44.2 Å². The molecule has 2 saturated heterocycles. The first-order valence-corrected chi connectivity index (χ1v) is 37.2. The first-order chi connectivity index (χ1) is 52.8. The van der Waals surface area contributed by atoms with E-state index in [4.69, 9.17) is 20.1 Å². The number of rotatable bonds is 10. The van der Waals surface area contributed by atoms with Crippen molar-refractivity contribution < 1.29 is 96.3 Å². The molecule has 600 valence electrons. The molecule has 2 fully saturated rings. The molecule has 28 heteroatoms. The predicted octanol–water partition coefficient (Wildman–Crippen LogP) is 14.2. The number of aromatic carboxylic acids is 2. The van der Waals surface area contributed by atoms with Gasteiger partial charge < -0.3 is 61.5 Å². The zero-order valence-electron chi connectivity index (χ0n) is 62.8. The summed E-state index contributed by atoms with van der Waals surface area (Å²) in [6.45, 7) is 15.1. The van der Waals surface area contributed by atoms with Gasteiger partial charge in [0.1, 0.15) is 23.3 Å². The number of carboxylic acids is 3. The van der Waals surface area contributed by atoms with E-state index in [0.717, 1.165) is 175 Å². The number of Topliss-reactive ketones (excluding diaryl/α,β-unsaturated/α-hetero) is 3. The van der Waals surface area contributed by atoms with Gasteiger partial charge in [0.15, 0.2) is 22.4 Å². The van der Waals surface area contributed by atoms with Crippen molar-refractivity contribution >= 4 is 119 Å². The van der Waals surface area contributed by atoms with E-state index in [0.29, 0.717) is 22.2 Å². The number of carbonyl (C=O) groups is 7. The van der Waals surface area contributed by atoms with E-state index < -0.39 is 17.9 Å². The molecule has 21 nitrogen and oxygen atoms in total. The summed E-state index contributed by atoms with van der Waals surface area (Å²) in [7, 11) is 0. The molecule has 0 spiro atoms. The van der Waals surface area contributed by atoms with Gasteiger partial charge in [0, 0.05) is 168 Å². The molecule has 8 heterocycles. The minimum Gasteiger partial charge on any atom is -0.870 e. The van der Waals surface area contributed by atoms with E-state index in [1.807, 2.05) is 89.3 Å². The zero-order valence-corrected chi connectivity index (χ0v) is 65.2. The van der Waals surface area contributed by atoms with Crippen LogP contribution in [0.25, 0.3) is 10.9 Å². The van der Waals surface area contributed by atoms with E-state index in [-0.39, 0.29) is 91.2 Å². The smallest absolute Gasteiger partial charge is 0.870 e. The number of ketones is 3. The molecular formula is C87H93BrF4LiN9O12S. The second-order valence-electron chi connectivity index (χ2n) is 26.2. The number of carboxylic acid groups (broad SMARTS) is 3. The van der Waals surface area contributed by atoms with Crippen LogP contribution in [0.4, 0.5) is 57.4 Å². The fourth-order valence-corrected chi connectivity index (χ4v) is 13.7. The van der Waals surface area contributed by atoms with Crippen molar-refractivity contribution in [3.05, 3.63) is 295 Å². The van der Waals surface area contributed by atoms with Crippen molar-refractivity contribution in [3.8, 4) is 0 Å². The van der Waals surface area contributed by atoms with Crippen molar-refractivity contribution in [1.29, 1.82) is 0 Å². The van der Waals surface area contributed by atoms with Crippen LogP contribution in [0.5, 0.6) is 0 Å². The van der Waals surface area contributed by atoms with Gasteiger partial charge in [-0.25, -0.2) is 32.1 Å². The Morgan fingerprint density at radius 1 is 0.478 bits per heavy atom. The summed E-state index contributed by atoms with van der Waals surface area (Å²) in [6.07, 6.45) is 7.11. The Morgan fingerprint density at radius 3 is 1.24 bits per heavy atom. The largest absolute Gasteiger partial charge is 1.00 e. The van der Waals surface area contributed by atoms with Gasteiger partial charge in [-0.05, 0) is 263 Å². The average molecular weight is 1650 g/mol. The summed E-state index contributed by atoms with van der Waals surface area (Å²) in [5.41, 5.74) is 15.6. The molecule has 2 aromatic heterocycles. The van der Waals surface area contributed by atoms with Crippen molar-refractivity contribution in [2.75, 3.05) is 85.5 Å². The van der Waals surface area contributed by atoms with Crippen LogP contribution in [-0.2, 0) is 30.5 Å². The summed E-state index contributed by atoms with van der Waals surface area (Å²) >= 11 is 4.60. The number of H-pyrrole nitrogens is 1. The van der Waals surface area contributed by atoms with Crippen molar-refractivity contribution in [3.63, 3.8) is 0 Å². The Morgan fingerprint density at radius 2 is 0.861 bits per heavy atom. The molecule has 115 heavy (non-hydrogen) atoms. The van der Waals surface area contributed by atoms with Crippen LogP contribution in [0.15, 0.2) is 216 Å². The first-order valence-electron chi connectivity index (χ1n) is 35.5. The van der Waals surface area contributed by atoms with Crippen LogP contribution in [0.1, 0.15) is 126 Å². The maximum Gasteiger partial charge on any atom is 1.00 e. The number of thiazole rings is 1. The number of benzene rings is 9. The number of hydrogen-bond donors (Lipinski definition) is 6. The Balaban J connectivity index is 0.000000239. The van der Waals surface area contributed by atoms with Gasteiger partial charge >= 0.3 is 30.8 Å². The van der Waals surface area contributed by atoms with E-state index in [9.17, 15) is 46.3 Å². The maximum absolute atomic E-state index is 13.0. The Bertz CT molecular complexity index is 4760. The first kappa shape index (κ1) is 94.5. The Labute approximate surface area is 690 Å². The summed E-state index contributed by atoms with van der Waals surface area (Å²) in [5, 5.41) is 35.5. The van der Waals surface area contributed by atoms with E-state index in [2.05, 4.69) is 56.1 Å². The second kappa shape index (κ2) is 45.1. The van der Waals surface area contributed by atoms with Gasteiger partial charge in [-0.1, -0.05) is 30.8 Å². The number of fused-ring (bicyclic) bond motifs is 5. The molecule has 0 atom stereocenters. The van der Waals surface area contributed by atoms with Crippen LogP contribution in [0, 0.1) is 23.3 Å². The number of nitrogens with zero attached hydrogens (tertiary/aromatic N) is 6. The summed E-state index contributed by atoms with van der Waals surface area (Å²) in [5.74, 6) is -3.18. The van der Waals surface area contributed by atoms with Crippen molar-refractivity contribution in [2.45, 2.75) is 74.3 Å². The molecule has 0 unspecified atom stereocenters. The van der Waals surface area contributed by atoms with Gasteiger partial charge in [0.05, 0.1) is 11.1 Å². The van der Waals surface area contributed by atoms with Crippen LogP contribution >= 0.6 is 27.3 Å². The minimum absolute atomic E-state index is 0. The van der Waals surface area contributed by atoms with Gasteiger partial charge in [-0.3, -0.25) is 28.9 Å². The third-order valence-corrected chi connectivity index (χ3v) is 20.0. The number of aromatic nitrogens is 2. The topological polar surface area (TPSA) is 311 Å². The second-order valence-corrected chi connectivity index (χ2v) is 28.0. The number of amides is 1. The zero-order chi connectivity index (χ0) is 78.5. The number of hydrogen-bond acceptors (Lipinski definition) is 16. The van der Waals surface area contributed by atoms with Crippen molar-refractivity contribution in [2.24, 2.45) is 0 Å². The predicted molar refractivity (Wildman–Crippen MR) is 444 cm³/mol. The number of aliphatic carboxylic acids is 1. The molecule has 6 aliphatic heterocycles. The van der Waals surface area contributed by atoms with Crippen LogP contribution in [0.2, 0.25) is 0 Å². The van der Waals surface area contributed by atoms with Gasteiger partial charge in [-0.15, -0.1) is 11.3 Å². The molecule has 0 saturated carbocycles. The maximum atomic E-state index is 13.0. The normalized spacial score (nSPS) is 13.4. The molecule has 0 aliphatic carbocycles. The number of nitrogens with one attached hydrogen (secondary N) is 3. The SMILES string of the molecule is C.C.CC(=O)O.CC(=O)c1ccc2[nH]ccc2c1.CC(=O)c1ccc2c(c1)CCN2.CC(=O)c1ccc2c(c1)CCN2c1ccc(F)cc1.Fc1ccc(Br)cc1.O.O=C(O)c1ccc2c(c1)CCN2c1ccc(F)cc1.O=C(O)c1ccc2c(c1)CCN2c1ccc(F)cc1.O=C(c1nccs1)N1CCN(C2CNC2)CC1.[Li+].[OH-]. The van der Waals surface area contributed by atoms with Crippen LogP contribution in [0.3, 0.4) is 0 Å². The minimum atomic E-state index is -0.914. The number of aromatic amines is 1. The standard InChI is InChI=1S/C16H14FNO.2C15H12FNO2.C11H16N4OS.C10H11NO.C10H9NO.C6H4BrF.C2H4O2.2CH4.Li.2H2O/c1-11(19)12-2-7-16-13(10-12)8-9-18(16)15-5-3-14(17)4-6-15;2*16-12-2-4-13(5-3-12)17-8-7-10-9-11(15(18)19)1-6-14(10)17;16-11(10-13-1-6-17-10)15-4-2-14(3-5-15)9-7-12-8-9;2*1-7(12)8-2-3-10-9(6-8)4-5-11-10;7-5-1-3-6(8)4-2-5;1-2(3)4;;;;;/h2-7,10H,8-9H2,1H3;2*1-6,9H,7-8H2,(H,18,19);1,6,9,12H,2-5,7-8H2;2-3,6,11H,4-5H2,1H3;2-6,11H,1H3;1-4H;1H3,(H,3,4);2*1H4;;2*1H2/q;;;;;;;;;;+1;;/p-1. The fraction of sp³-hybridized carbons (Fsp3) is 0.241. The molecule has 0 bridgehead atoms. The molecule has 11 aromatic rings. The Hall–Kier alpha value is -11.1. The van der Waals surface area contributed by atoms with Gasteiger partial charge in [0.25, 0.3) is 11.9 Å². The quantitative estimate of drug-likeness (QED) is 0.0421. The summed E-state index contributed by atoms with van der Waals surface area (Å²) in [6, 6.07) is 55.5. The van der Waals surface area contributed by atoms with Gasteiger partial charge in [-0.2, -0.15) is 0 Å². The molecule has 6 aliphatic rings. The third kappa shape index (κ3) is 26.2. The fourth-order valence-electron chi connectivity index (χ4n) is 12.9. The number of piperazine rings is 1. The number of halogens is 5. The van der Waals surface area contributed by atoms with Crippen LogP contribution in [-0.4, -0.2) is 159 Å². The molecule has 17 rings (SSSR count). The molecule has 1 amide bonds. The van der Waals surface area contributed by atoms with E-state index in [1.54, 1.807) is 99.8 Å². The summed E-state index contributed by atoms with van der Waals surface area (Å²) in [4.78, 5) is 94.2. The van der Waals surface area contributed by atoms with E-state index in [1.165, 1.54) is 76.7 Å². The number of anilines is 7. The van der Waals surface area contributed by atoms with Gasteiger partial charge in [0.2, 0.25) is 0 Å². The number of carbonyl (C=O) groups excluding carboxylic acids is 4. The van der Waals surface area contributed by atoms with Crippen molar-refractivity contribution in [1.82, 2.24) is 25.1 Å². The molecular weight excluding hydrogens is 1560 g/mol. The van der Waals surface area contributed by atoms with E-state index >= 15 is 0 Å². The molecule has 9 N–H and O–H groups in total. The molecule has 9 aromatic carbocycles. The Kier molecular flexibility index (Phi) is 37.0. The average Bonchev–Trinajstić information content (AvgIpc) is 1.68. The molecule has 0 radical (unpaired) electrons.